The number of anilines is 1. The molecule has 0 aromatic heterocycles. The number of ether oxygens (including phenoxy) is 2. The molecule has 3 nitrogen and oxygen atoms in total. The van der Waals surface area contributed by atoms with E-state index < -0.39 is 0 Å². The molecule has 4 heteroatoms. The molecule has 0 unspecified atom stereocenters. The highest BCUT2D eigenvalue weighted by atomic mass is 19.1. The minimum absolute atomic E-state index is 0.213. The SMILES string of the molecule is CNc1cc(F)c2c(c1)OCCO2. The van der Waals surface area contributed by atoms with Gasteiger partial charge < -0.3 is 14.8 Å². The molecule has 0 spiro atoms. The fourth-order valence-corrected chi connectivity index (χ4v) is 1.26. The van der Waals surface area contributed by atoms with E-state index in [1.54, 1.807) is 13.1 Å². The summed E-state index contributed by atoms with van der Waals surface area (Å²) < 4.78 is 23.6. The van der Waals surface area contributed by atoms with Gasteiger partial charge in [0.15, 0.2) is 17.3 Å². The molecule has 13 heavy (non-hydrogen) atoms. The van der Waals surface area contributed by atoms with Crippen LogP contribution in [0.15, 0.2) is 12.1 Å². The predicted molar refractivity (Wildman–Crippen MR) is 46.9 cm³/mol. The molecule has 0 amide bonds. The summed E-state index contributed by atoms with van der Waals surface area (Å²) in [4.78, 5) is 0. The number of halogens is 1. The third-order valence-corrected chi connectivity index (χ3v) is 1.89. The van der Waals surface area contributed by atoms with Gasteiger partial charge in [0.25, 0.3) is 0 Å². The highest BCUT2D eigenvalue weighted by Crippen LogP contribution is 2.35. The van der Waals surface area contributed by atoms with Crippen LogP contribution in [0, 0.1) is 5.82 Å². The lowest BCUT2D eigenvalue weighted by atomic mass is 10.2. The Labute approximate surface area is 75.5 Å². The van der Waals surface area contributed by atoms with Gasteiger partial charge in [0.1, 0.15) is 13.2 Å². The first-order valence-corrected chi connectivity index (χ1v) is 4.08. The van der Waals surface area contributed by atoms with Gasteiger partial charge in [0.2, 0.25) is 0 Å². The summed E-state index contributed by atoms with van der Waals surface area (Å²) in [6.45, 7) is 0.877. The molecule has 1 heterocycles. The third-order valence-electron chi connectivity index (χ3n) is 1.89. The number of benzene rings is 1. The van der Waals surface area contributed by atoms with Crippen LogP contribution in [0.25, 0.3) is 0 Å². The van der Waals surface area contributed by atoms with Crippen LogP contribution in [-0.4, -0.2) is 20.3 Å². The average Bonchev–Trinajstić information content (AvgIpc) is 2.18. The van der Waals surface area contributed by atoms with Crippen LogP contribution in [0.3, 0.4) is 0 Å². The predicted octanol–water partition coefficient (Wildman–Crippen LogP) is 1.64. The molecule has 1 aliphatic heterocycles. The smallest absolute Gasteiger partial charge is 0.197 e. The Morgan fingerprint density at radius 1 is 1.31 bits per heavy atom. The molecule has 0 atom stereocenters. The summed E-state index contributed by atoms with van der Waals surface area (Å²) in [6.07, 6.45) is 0. The fraction of sp³-hybridized carbons (Fsp3) is 0.333. The third kappa shape index (κ3) is 1.39. The van der Waals surface area contributed by atoms with Crippen molar-refractivity contribution in [2.24, 2.45) is 0 Å². The molecule has 1 N–H and O–H groups in total. The Morgan fingerprint density at radius 3 is 2.85 bits per heavy atom. The number of rotatable bonds is 1. The molecule has 0 fully saturated rings. The van der Waals surface area contributed by atoms with Gasteiger partial charge in [-0.05, 0) is 0 Å². The Bertz CT molecular complexity index is 328. The van der Waals surface area contributed by atoms with Crippen molar-refractivity contribution in [3.05, 3.63) is 17.9 Å². The van der Waals surface area contributed by atoms with E-state index >= 15 is 0 Å². The fourth-order valence-electron chi connectivity index (χ4n) is 1.26. The number of nitrogens with one attached hydrogen (secondary N) is 1. The topological polar surface area (TPSA) is 30.5 Å². The maximum Gasteiger partial charge on any atom is 0.197 e. The molecule has 0 bridgehead atoms. The molecular formula is C9H10FNO2. The summed E-state index contributed by atoms with van der Waals surface area (Å²) in [6, 6.07) is 3.10. The van der Waals surface area contributed by atoms with Crippen molar-refractivity contribution in [3.63, 3.8) is 0 Å². The second-order valence-electron chi connectivity index (χ2n) is 2.73. The highest BCUT2D eigenvalue weighted by Gasteiger charge is 2.17. The van der Waals surface area contributed by atoms with Gasteiger partial charge in [-0.2, -0.15) is 0 Å². The van der Waals surface area contributed by atoms with Crippen molar-refractivity contribution >= 4 is 5.69 Å². The van der Waals surface area contributed by atoms with Crippen molar-refractivity contribution in [1.82, 2.24) is 0 Å². The molecule has 0 saturated heterocycles. The van der Waals surface area contributed by atoms with Crippen LogP contribution in [0.4, 0.5) is 10.1 Å². The summed E-state index contributed by atoms with van der Waals surface area (Å²) in [5.74, 6) is 0.294. The minimum Gasteiger partial charge on any atom is -0.486 e. The van der Waals surface area contributed by atoms with Gasteiger partial charge in [-0.1, -0.05) is 0 Å². The first-order valence-electron chi connectivity index (χ1n) is 4.08. The maximum atomic E-state index is 13.3. The van der Waals surface area contributed by atoms with Crippen LogP contribution in [-0.2, 0) is 0 Å². The number of fused-ring (bicyclic) bond motifs is 1. The largest absolute Gasteiger partial charge is 0.486 e. The maximum absolute atomic E-state index is 13.3. The van der Waals surface area contributed by atoms with Crippen molar-refractivity contribution in [2.75, 3.05) is 25.6 Å². The molecule has 1 aliphatic rings. The standard InChI is InChI=1S/C9H10FNO2/c1-11-6-4-7(10)9-8(5-6)12-2-3-13-9/h4-5,11H,2-3H2,1H3. The lowest BCUT2D eigenvalue weighted by Gasteiger charge is -2.19. The molecule has 1 aromatic carbocycles. The van der Waals surface area contributed by atoms with Crippen molar-refractivity contribution in [3.8, 4) is 11.5 Å². The van der Waals surface area contributed by atoms with E-state index in [4.69, 9.17) is 9.47 Å². The first-order chi connectivity index (χ1) is 6.31. The molecule has 1 aromatic rings. The van der Waals surface area contributed by atoms with E-state index in [0.29, 0.717) is 24.7 Å². The van der Waals surface area contributed by atoms with Crippen LogP contribution in [0.2, 0.25) is 0 Å². The molecular weight excluding hydrogens is 173 g/mol. The van der Waals surface area contributed by atoms with Gasteiger partial charge >= 0.3 is 0 Å². The van der Waals surface area contributed by atoms with Gasteiger partial charge in [-0.25, -0.2) is 4.39 Å². The summed E-state index contributed by atoms with van der Waals surface area (Å²) in [5.41, 5.74) is 0.682. The lowest BCUT2D eigenvalue weighted by Crippen LogP contribution is -2.16. The normalized spacial score (nSPS) is 14.0. The van der Waals surface area contributed by atoms with Crippen molar-refractivity contribution in [1.29, 1.82) is 0 Å². The summed E-state index contributed by atoms with van der Waals surface area (Å²) >= 11 is 0. The van der Waals surface area contributed by atoms with Gasteiger partial charge in [-0.3, -0.25) is 0 Å². The van der Waals surface area contributed by atoms with E-state index in [1.165, 1.54) is 6.07 Å². The van der Waals surface area contributed by atoms with E-state index in [1.807, 2.05) is 0 Å². The zero-order chi connectivity index (χ0) is 9.26. The van der Waals surface area contributed by atoms with Crippen LogP contribution >= 0.6 is 0 Å². The van der Waals surface area contributed by atoms with Crippen LogP contribution in [0.1, 0.15) is 0 Å². The van der Waals surface area contributed by atoms with Crippen molar-refractivity contribution < 1.29 is 13.9 Å². The van der Waals surface area contributed by atoms with E-state index in [9.17, 15) is 4.39 Å². The summed E-state index contributed by atoms with van der Waals surface area (Å²) in [7, 11) is 1.73. The molecule has 0 saturated carbocycles. The zero-order valence-corrected chi connectivity index (χ0v) is 7.26. The van der Waals surface area contributed by atoms with Gasteiger partial charge in [0.05, 0.1) is 0 Å². The Hall–Kier alpha value is -1.45. The molecule has 2 rings (SSSR count). The van der Waals surface area contributed by atoms with Crippen molar-refractivity contribution in [2.45, 2.75) is 0 Å². The van der Waals surface area contributed by atoms with Crippen LogP contribution < -0.4 is 14.8 Å². The van der Waals surface area contributed by atoms with Gasteiger partial charge in [-0.15, -0.1) is 0 Å². The molecule has 0 radical (unpaired) electrons. The Balaban J connectivity index is 2.47. The van der Waals surface area contributed by atoms with E-state index in [-0.39, 0.29) is 11.6 Å². The summed E-state index contributed by atoms with van der Waals surface area (Å²) in [5, 5.41) is 2.84. The Morgan fingerprint density at radius 2 is 2.08 bits per heavy atom. The quantitative estimate of drug-likeness (QED) is 0.717. The van der Waals surface area contributed by atoms with Crippen LogP contribution in [0.5, 0.6) is 11.5 Å². The number of hydrogen-bond acceptors (Lipinski definition) is 3. The second-order valence-corrected chi connectivity index (χ2v) is 2.73. The molecule has 70 valence electrons. The minimum atomic E-state index is -0.387. The van der Waals surface area contributed by atoms with E-state index in [0.717, 1.165) is 0 Å². The highest BCUT2D eigenvalue weighted by molar-refractivity contribution is 5.55. The lowest BCUT2D eigenvalue weighted by molar-refractivity contribution is 0.164. The second kappa shape index (κ2) is 3.12. The van der Waals surface area contributed by atoms with Gasteiger partial charge in [0, 0.05) is 24.9 Å². The average molecular weight is 183 g/mol. The molecule has 0 aliphatic carbocycles. The number of hydrogen-bond donors (Lipinski definition) is 1. The Kier molecular flexibility index (Phi) is 1.96. The van der Waals surface area contributed by atoms with E-state index in [2.05, 4.69) is 5.32 Å². The first kappa shape index (κ1) is 8.16. The monoisotopic (exact) mass is 183 g/mol. The zero-order valence-electron chi connectivity index (χ0n) is 7.26.